The number of likely N-dealkylation sites (tertiary alicyclic amines) is 1. The van der Waals surface area contributed by atoms with E-state index in [-0.39, 0.29) is 48.6 Å². The zero-order chi connectivity index (χ0) is 16.4. The van der Waals surface area contributed by atoms with E-state index in [0.29, 0.717) is 5.92 Å². The molecule has 5 nitrogen and oxygen atoms in total. The molecule has 0 aromatic carbocycles. The zero-order valence-corrected chi connectivity index (χ0v) is 14.1. The van der Waals surface area contributed by atoms with E-state index < -0.39 is 0 Å². The smallest absolute Gasteiger partial charge is 0.233 e. The van der Waals surface area contributed by atoms with Crippen molar-refractivity contribution in [3.8, 4) is 0 Å². The molecule has 23 heavy (non-hydrogen) atoms. The van der Waals surface area contributed by atoms with Crippen molar-refractivity contribution in [2.75, 3.05) is 6.54 Å². The molecule has 0 aromatic rings. The van der Waals surface area contributed by atoms with E-state index in [1.165, 1.54) is 17.7 Å². The van der Waals surface area contributed by atoms with Crippen LogP contribution in [-0.4, -0.2) is 35.2 Å². The molecule has 128 valence electrons. The summed E-state index contributed by atoms with van der Waals surface area (Å²) in [5.74, 6) is 0.178. The molecule has 1 saturated heterocycles. The van der Waals surface area contributed by atoms with Gasteiger partial charge in [0.1, 0.15) is 0 Å². The number of fused-ring (bicyclic) bond motifs is 1. The second kappa shape index (κ2) is 7.02. The molecular formula is C18H28N2O3. The lowest BCUT2D eigenvalue weighted by Crippen LogP contribution is -2.42. The number of nitrogens with zero attached hydrogens (tertiary/aromatic N) is 1. The van der Waals surface area contributed by atoms with Crippen LogP contribution in [0.1, 0.15) is 64.7 Å². The molecule has 1 N–H and O–H groups in total. The fraction of sp³-hybridized carbons (Fsp3) is 0.833. The van der Waals surface area contributed by atoms with Crippen molar-refractivity contribution in [2.24, 2.45) is 17.8 Å². The Balaban J connectivity index is 1.50. The molecule has 2 aliphatic carbocycles. The topological polar surface area (TPSA) is 66.5 Å². The summed E-state index contributed by atoms with van der Waals surface area (Å²) in [5, 5.41) is 3.10. The van der Waals surface area contributed by atoms with Crippen molar-refractivity contribution in [1.29, 1.82) is 0 Å². The number of hydrogen-bond donors (Lipinski definition) is 1. The van der Waals surface area contributed by atoms with E-state index in [4.69, 9.17) is 0 Å². The molecule has 0 aromatic heterocycles. The van der Waals surface area contributed by atoms with E-state index in [0.717, 1.165) is 38.5 Å². The summed E-state index contributed by atoms with van der Waals surface area (Å²) in [6.07, 6.45) is 8.59. The van der Waals surface area contributed by atoms with Crippen molar-refractivity contribution in [1.82, 2.24) is 10.2 Å². The van der Waals surface area contributed by atoms with Gasteiger partial charge in [-0.25, -0.2) is 0 Å². The maximum atomic E-state index is 12.4. The van der Waals surface area contributed by atoms with Crippen molar-refractivity contribution in [3.63, 3.8) is 0 Å². The minimum atomic E-state index is -0.113. The van der Waals surface area contributed by atoms with Crippen LogP contribution in [0.5, 0.6) is 0 Å². The highest BCUT2D eigenvalue weighted by Crippen LogP contribution is 2.38. The fourth-order valence-corrected chi connectivity index (χ4v) is 4.47. The van der Waals surface area contributed by atoms with E-state index in [1.54, 1.807) is 0 Å². The average Bonchev–Trinajstić information content (AvgIpc) is 2.80. The van der Waals surface area contributed by atoms with Gasteiger partial charge in [0, 0.05) is 19.0 Å². The standard InChI is InChI=1S/C18H28N2O3/c1-12-6-2-5-9-15(12)19-16(21)10-11-20-17(22)13-7-3-4-8-14(13)18(20)23/h12-15H,2-11H2,1H3,(H,19,21)/t12-,13-,14+,15-/m1/s1. The Morgan fingerprint density at radius 2 is 1.57 bits per heavy atom. The molecule has 0 unspecified atom stereocenters. The number of rotatable bonds is 4. The van der Waals surface area contributed by atoms with E-state index in [9.17, 15) is 14.4 Å². The lowest BCUT2D eigenvalue weighted by atomic mass is 9.81. The van der Waals surface area contributed by atoms with Gasteiger partial charge < -0.3 is 5.32 Å². The highest BCUT2D eigenvalue weighted by atomic mass is 16.2. The summed E-state index contributed by atoms with van der Waals surface area (Å²) < 4.78 is 0. The van der Waals surface area contributed by atoms with Crippen molar-refractivity contribution in [2.45, 2.75) is 70.8 Å². The lowest BCUT2D eigenvalue weighted by Gasteiger charge is -2.29. The third-order valence-electron chi connectivity index (χ3n) is 5.95. The Morgan fingerprint density at radius 3 is 2.17 bits per heavy atom. The van der Waals surface area contributed by atoms with E-state index >= 15 is 0 Å². The third kappa shape index (κ3) is 3.43. The SMILES string of the molecule is C[C@@H]1CCCC[C@H]1NC(=O)CCN1C(=O)[C@H]2CCCC[C@H]2C1=O. The van der Waals surface area contributed by atoms with Crippen molar-refractivity contribution in [3.05, 3.63) is 0 Å². The van der Waals surface area contributed by atoms with Crippen molar-refractivity contribution >= 4 is 17.7 Å². The second-order valence-electron chi connectivity index (χ2n) is 7.51. The molecule has 5 heteroatoms. The maximum absolute atomic E-state index is 12.4. The molecule has 0 bridgehead atoms. The van der Waals surface area contributed by atoms with Crippen LogP contribution < -0.4 is 5.32 Å². The fourth-order valence-electron chi connectivity index (χ4n) is 4.47. The van der Waals surface area contributed by atoms with Crippen LogP contribution in [0.3, 0.4) is 0 Å². The predicted octanol–water partition coefficient (Wildman–Crippen LogP) is 2.25. The van der Waals surface area contributed by atoms with Crippen molar-refractivity contribution < 1.29 is 14.4 Å². The number of carbonyl (C=O) groups is 3. The van der Waals surface area contributed by atoms with Gasteiger partial charge in [-0.15, -0.1) is 0 Å². The highest BCUT2D eigenvalue weighted by Gasteiger charge is 2.47. The summed E-state index contributed by atoms with van der Waals surface area (Å²) in [7, 11) is 0. The van der Waals surface area contributed by atoms with E-state index in [1.807, 2.05) is 0 Å². The van der Waals surface area contributed by atoms with Gasteiger partial charge in [-0.3, -0.25) is 19.3 Å². The molecule has 1 aliphatic heterocycles. The summed E-state index contributed by atoms with van der Waals surface area (Å²) in [6.45, 7) is 2.43. The Labute approximate surface area is 138 Å². The molecule has 3 aliphatic rings. The molecule has 3 rings (SSSR count). The number of imide groups is 1. The van der Waals surface area contributed by atoms with Crippen LogP contribution in [0.4, 0.5) is 0 Å². The first kappa shape index (κ1) is 16.5. The molecule has 3 fully saturated rings. The van der Waals surface area contributed by atoms with Gasteiger partial charge in [-0.1, -0.05) is 32.6 Å². The Kier molecular flexibility index (Phi) is 5.02. The summed E-state index contributed by atoms with van der Waals surface area (Å²) >= 11 is 0. The van der Waals surface area contributed by atoms with Crippen LogP contribution in [0, 0.1) is 17.8 Å². The van der Waals surface area contributed by atoms with Gasteiger partial charge in [0.2, 0.25) is 17.7 Å². The van der Waals surface area contributed by atoms with Gasteiger partial charge in [-0.2, -0.15) is 0 Å². The minimum absolute atomic E-state index is 0.0285. The number of hydrogen-bond acceptors (Lipinski definition) is 3. The molecule has 3 amide bonds. The van der Waals surface area contributed by atoms with Gasteiger partial charge in [0.05, 0.1) is 11.8 Å². The quantitative estimate of drug-likeness (QED) is 0.808. The maximum Gasteiger partial charge on any atom is 0.233 e. The second-order valence-corrected chi connectivity index (χ2v) is 7.51. The van der Waals surface area contributed by atoms with Crippen LogP contribution in [0.15, 0.2) is 0 Å². The zero-order valence-electron chi connectivity index (χ0n) is 14.1. The summed E-state index contributed by atoms with van der Waals surface area (Å²) in [6, 6.07) is 0.254. The Morgan fingerprint density at radius 1 is 1.00 bits per heavy atom. The molecule has 1 heterocycles. The first-order valence-corrected chi connectivity index (χ1v) is 9.22. The normalized spacial score (nSPS) is 34.4. The van der Waals surface area contributed by atoms with E-state index in [2.05, 4.69) is 12.2 Å². The number of amides is 3. The van der Waals surface area contributed by atoms with Crippen LogP contribution in [-0.2, 0) is 14.4 Å². The molecular weight excluding hydrogens is 292 g/mol. The lowest BCUT2D eigenvalue weighted by molar-refractivity contribution is -0.140. The van der Waals surface area contributed by atoms with Crippen LogP contribution >= 0.6 is 0 Å². The third-order valence-corrected chi connectivity index (χ3v) is 5.95. The molecule has 0 spiro atoms. The minimum Gasteiger partial charge on any atom is -0.353 e. The predicted molar refractivity (Wildman–Crippen MR) is 86.3 cm³/mol. The first-order valence-electron chi connectivity index (χ1n) is 9.22. The van der Waals surface area contributed by atoms with Gasteiger partial charge in [-0.05, 0) is 31.6 Å². The van der Waals surface area contributed by atoms with Gasteiger partial charge in [0.25, 0.3) is 0 Å². The van der Waals surface area contributed by atoms with Gasteiger partial charge in [0.15, 0.2) is 0 Å². The van der Waals surface area contributed by atoms with Crippen LogP contribution in [0.25, 0.3) is 0 Å². The first-order chi connectivity index (χ1) is 11.1. The Hall–Kier alpha value is -1.39. The van der Waals surface area contributed by atoms with Gasteiger partial charge >= 0.3 is 0 Å². The number of nitrogens with one attached hydrogen (secondary N) is 1. The monoisotopic (exact) mass is 320 g/mol. The average molecular weight is 320 g/mol. The number of carbonyl (C=O) groups excluding carboxylic acids is 3. The molecule has 0 radical (unpaired) electrons. The summed E-state index contributed by atoms with van der Waals surface area (Å²) in [5.41, 5.74) is 0. The Bertz CT molecular complexity index is 467. The molecule has 4 atom stereocenters. The molecule has 2 saturated carbocycles. The largest absolute Gasteiger partial charge is 0.353 e. The summed E-state index contributed by atoms with van der Waals surface area (Å²) in [4.78, 5) is 38.3. The van der Waals surface area contributed by atoms with Crippen LogP contribution in [0.2, 0.25) is 0 Å². The highest BCUT2D eigenvalue weighted by molar-refractivity contribution is 6.05.